The summed E-state index contributed by atoms with van der Waals surface area (Å²) in [4.78, 5) is 0. The lowest BCUT2D eigenvalue weighted by Crippen LogP contribution is -1.91. The third kappa shape index (κ3) is 3.72. The van der Waals surface area contributed by atoms with Gasteiger partial charge in [-0.3, -0.25) is 0 Å². The van der Waals surface area contributed by atoms with Crippen molar-refractivity contribution in [2.45, 2.75) is 0 Å². The topological polar surface area (TPSA) is 13.1 Å². The minimum Gasteiger partial charge on any atom is -0.456 e. The molecule has 1 heteroatoms. The normalized spacial score (nSPS) is 18.9. The van der Waals surface area contributed by atoms with E-state index in [-0.39, 0.29) is 54.6 Å². The quantitative estimate of drug-likeness (QED) is 0.193. The van der Waals surface area contributed by atoms with Crippen molar-refractivity contribution >= 4 is 54.3 Å². The SMILES string of the molecule is [2H]c1cc2c(-c3c([2H])c([2H])c([2H])c(-c4c([2H])c([2H])c([2H])c5c([2H])c([2H])c([2H])c([2H])c45)c3[2H])c3cc([2H])c([2H])cc3c(-c3c([2H])c([2H])c4oc5c([2H])c([2H])c([2H])c([2H])c5c4c3[2H])c2cc1[2H]. The molecule has 0 atom stereocenters. The predicted octanol–water partition coefficient (Wildman–Crippen LogP) is 12.0. The van der Waals surface area contributed by atoms with E-state index in [0.29, 0.717) is 0 Å². The molecule has 0 unspecified atom stereocenters. The summed E-state index contributed by atoms with van der Waals surface area (Å²) >= 11 is 0. The average Bonchev–Trinajstić information content (AvgIpc) is 3.68. The maximum absolute atomic E-state index is 9.76. The van der Waals surface area contributed by atoms with E-state index in [9.17, 15) is 5.48 Å². The summed E-state index contributed by atoms with van der Waals surface area (Å²) in [6.45, 7) is 0. The maximum Gasteiger partial charge on any atom is 0.135 e. The number of hydrogen-bond donors (Lipinski definition) is 0. The first-order valence-corrected chi connectivity index (χ1v) is 13.0. The lowest BCUT2D eigenvalue weighted by Gasteiger charge is -2.18. The molecular formula is C42H26O. The van der Waals surface area contributed by atoms with E-state index in [4.69, 9.17) is 29.1 Å². The van der Waals surface area contributed by atoms with Crippen LogP contribution >= 0.6 is 0 Å². The Morgan fingerprint density at radius 1 is 0.372 bits per heavy atom. The molecule has 1 heterocycles. The van der Waals surface area contributed by atoms with Gasteiger partial charge in [0.05, 0.1) is 30.2 Å². The molecule has 200 valence electrons. The highest BCUT2D eigenvalue weighted by atomic mass is 16.3. The standard InChI is InChI=1S/C42H26O/c1-2-15-31-27(11-1)12-10-21-32(31)28-13-9-14-29(25-28)41-34-17-3-5-19-36(34)42(37-20-6-4-18-35(37)41)30-23-24-40-38(26-30)33-16-7-8-22-39(33)43-40/h1-26H/i1D,2D,3D,4D,5D,6D,7D,8D,9D,10D,11D,12D,13D,14D,15D,16D,21D,22D,23D,24D,25D,26D. The van der Waals surface area contributed by atoms with Crippen LogP contribution in [0.4, 0.5) is 0 Å². The number of hydrogen-bond acceptors (Lipinski definition) is 1. The molecule has 0 saturated carbocycles. The molecule has 0 fully saturated rings. The van der Waals surface area contributed by atoms with Crippen molar-refractivity contribution in [2.24, 2.45) is 0 Å². The monoisotopic (exact) mass is 568 g/mol. The summed E-state index contributed by atoms with van der Waals surface area (Å²) in [5, 5.41) is -1.86. The van der Waals surface area contributed by atoms with Gasteiger partial charge in [-0.2, -0.15) is 0 Å². The summed E-state index contributed by atoms with van der Waals surface area (Å²) in [5.41, 5.74) is -3.15. The Balaban J connectivity index is 1.52. The van der Waals surface area contributed by atoms with E-state index in [2.05, 4.69) is 0 Å². The zero-order valence-electron chi connectivity index (χ0n) is 43.7. The van der Waals surface area contributed by atoms with E-state index >= 15 is 0 Å². The highest BCUT2D eigenvalue weighted by Crippen LogP contribution is 2.45. The molecule has 0 N–H and O–H groups in total. The molecule has 9 rings (SSSR count). The van der Waals surface area contributed by atoms with Crippen LogP contribution in [0.25, 0.3) is 87.6 Å². The van der Waals surface area contributed by atoms with Gasteiger partial charge in [0.2, 0.25) is 0 Å². The van der Waals surface area contributed by atoms with Crippen LogP contribution in [0.3, 0.4) is 0 Å². The first kappa shape index (κ1) is 10.9. The van der Waals surface area contributed by atoms with Gasteiger partial charge >= 0.3 is 0 Å². The molecule has 0 aliphatic heterocycles. The van der Waals surface area contributed by atoms with Crippen molar-refractivity contribution < 1.29 is 34.6 Å². The predicted molar refractivity (Wildman–Crippen MR) is 183 cm³/mol. The molecule has 0 aliphatic rings. The molecule has 0 aliphatic carbocycles. The van der Waals surface area contributed by atoms with Gasteiger partial charge < -0.3 is 4.42 Å². The van der Waals surface area contributed by atoms with Gasteiger partial charge in [-0.25, -0.2) is 0 Å². The summed E-state index contributed by atoms with van der Waals surface area (Å²) in [5.74, 6) is 0. The summed E-state index contributed by atoms with van der Waals surface area (Å²) in [6.07, 6.45) is 0. The number of fused-ring (bicyclic) bond motifs is 6. The van der Waals surface area contributed by atoms with Crippen molar-refractivity contribution in [3.05, 3.63) is 157 Å². The van der Waals surface area contributed by atoms with Crippen molar-refractivity contribution in [3.8, 4) is 33.4 Å². The van der Waals surface area contributed by atoms with Crippen LogP contribution < -0.4 is 0 Å². The second-order valence-electron chi connectivity index (χ2n) is 9.57. The van der Waals surface area contributed by atoms with E-state index in [1.54, 1.807) is 0 Å². The zero-order chi connectivity index (χ0) is 47.5. The number of benzene rings is 8. The molecule has 0 radical (unpaired) electrons. The molecule has 8 aromatic carbocycles. The van der Waals surface area contributed by atoms with Crippen LogP contribution in [0.5, 0.6) is 0 Å². The van der Waals surface area contributed by atoms with Crippen molar-refractivity contribution in [1.29, 1.82) is 0 Å². The highest BCUT2D eigenvalue weighted by Gasteiger charge is 2.18. The second-order valence-corrected chi connectivity index (χ2v) is 9.57. The molecule has 43 heavy (non-hydrogen) atoms. The molecule has 0 spiro atoms. The van der Waals surface area contributed by atoms with E-state index < -0.39 is 166 Å². The molecule has 1 nitrogen and oxygen atoms in total. The Hall–Kier alpha value is -5.66. The fraction of sp³-hybridized carbons (Fsp3) is 0. The Labute approximate surface area is 280 Å². The van der Waals surface area contributed by atoms with Gasteiger partial charge in [-0.05, 0) is 89.9 Å². The highest BCUT2D eigenvalue weighted by molar-refractivity contribution is 6.22. The van der Waals surface area contributed by atoms with E-state index in [1.165, 1.54) is 12.1 Å². The Kier molecular flexibility index (Phi) is 2.39. The third-order valence-electron chi connectivity index (χ3n) is 7.26. The molecule has 0 bridgehead atoms. The summed E-state index contributed by atoms with van der Waals surface area (Å²) in [6, 6.07) is -10.2. The van der Waals surface area contributed by atoms with Gasteiger partial charge in [0.1, 0.15) is 11.2 Å². The first-order chi connectivity index (χ1) is 30.5. The Bertz CT molecular complexity index is 3670. The largest absolute Gasteiger partial charge is 0.456 e. The van der Waals surface area contributed by atoms with E-state index in [0.717, 1.165) is 12.1 Å². The average molecular weight is 569 g/mol. The smallest absolute Gasteiger partial charge is 0.135 e. The number of para-hydroxylation sites is 1. The molecule has 1 aromatic heterocycles. The van der Waals surface area contributed by atoms with Crippen molar-refractivity contribution in [2.75, 3.05) is 0 Å². The summed E-state index contributed by atoms with van der Waals surface area (Å²) < 4.78 is 200. The third-order valence-corrected chi connectivity index (χ3v) is 7.26. The maximum atomic E-state index is 9.76. The van der Waals surface area contributed by atoms with Crippen LogP contribution in [0.15, 0.2) is 162 Å². The number of furan rings is 1. The molecule has 9 aromatic rings. The Morgan fingerprint density at radius 3 is 1.67 bits per heavy atom. The van der Waals surface area contributed by atoms with Gasteiger partial charge in [-0.1, -0.05) is 133 Å². The number of rotatable bonds is 3. The van der Waals surface area contributed by atoms with Crippen molar-refractivity contribution in [3.63, 3.8) is 0 Å². The molecule has 0 amide bonds. The van der Waals surface area contributed by atoms with E-state index in [1.807, 2.05) is 0 Å². The second kappa shape index (κ2) is 9.44. The lowest BCUT2D eigenvalue weighted by atomic mass is 9.85. The Morgan fingerprint density at radius 2 is 0.930 bits per heavy atom. The van der Waals surface area contributed by atoms with Gasteiger partial charge in [0.25, 0.3) is 0 Å². The van der Waals surface area contributed by atoms with Crippen LogP contribution in [0.1, 0.15) is 30.2 Å². The van der Waals surface area contributed by atoms with Crippen LogP contribution in [-0.2, 0) is 0 Å². The minimum absolute atomic E-state index is 0.0735. The summed E-state index contributed by atoms with van der Waals surface area (Å²) in [7, 11) is 0. The zero-order valence-corrected chi connectivity index (χ0v) is 21.7. The van der Waals surface area contributed by atoms with Gasteiger partial charge in [0.15, 0.2) is 0 Å². The molecule has 0 saturated heterocycles. The lowest BCUT2D eigenvalue weighted by molar-refractivity contribution is 0.669. The van der Waals surface area contributed by atoms with Crippen LogP contribution in [-0.4, -0.2) is 0 Å². The minimum atomic E-state index is -0.861. The van der Waals surface area contributed by atoms with Crippen molar-refractivity contribution in [1.82, 2.24) is 0 Å². The fourth-order valence-electron chi connectivity index (χ4n) is 5.44. The molecular weight excluding hydrogens is 520 g/mol. The first-order valence-electron chi connectivity index (χ1n) is 24.0. The van der Waals surface area contributed by atoms with Gasteiger partial charge in [0, 0.05) is 10.8 Å². The van der Waals surface area contributed by atoms with Crippen LogP contribution in [0, 0.1) is 0 Å². The fourth-order valence-corrected chi connectivity index (χ4v) is 5.44. The van der Waals surface area contributed by atoms with Crippen LogP contribution in [0.2, 0.25) is 0 Å². The van der Waals surface area contributed by atoms with Gasteiger partial charge in [-0.15, -0.1) is 0 Å².